The predicted molar refractivity (Wildman–Crippen MR) is 104 cm³/mol. The first-order chi connectivity index (χ1) is 13.6. The molecule has 2 aliphatic rings. The van der Waals surface area contributed by atoms with Crippen LogP contribution >= 0.6 is 0 Å². The molecule has 0 atom stereocenters. The Labute approximate surface area is 163 Å². The van der Waals surface area contributed by atoms with Gasteiger partial charge in [0.15, 0.2) is 0 Å². The van der Waals surface area contributed by atoms with E-state index in [1.807, 2.05) is 12.3 Å². The number of anilines is 1. The van der Waals surface area contributed by atoms with Crippen LogP contribution in [0.3, 0.4) is 0 Å². The third-order valence-corrected chi connectivity index (χ3v) is 5.39. The average molecular weight is 378 g/mol. The Hall–Kier alpha value is -3.22. The number of fused-ring (bicyclic) bond motifs is 1. The molecule has 1 fully saturated rings. The van der Waals surface area contributed by atoms with Gasteiger partial charge in [0.05, 0.1) is 23.0 Å². The van der Waals surface area contributed by atoms with Crippen LogP contribution in [-0.4, -0.2) is 53.8 Å². The van der Waals surface area contributed by atoms with Crippen molar-refractivity contribution in [1.29, 1.82) is 0 Å². The minimum Gasteiger partial charge on any atom is -0.370 e. The smallest absolute Gasteiger partial charge is 0.262 e. The highest BCUT2D eigenvalue weighted by Gasteiger charge is 2.36. The molecule has 0 spiro atoms. The molecule has 7 heteroatoms. The van der Waals surface area contributed by atoms with Gasteiger partial charge in [-0.25, -0.2) is 0 Å². The quantitative estimate of drug-likeness (QED) is 0.801. The fourth-order valence-electron chi connectivity index (χ4n) is 3.78. The maximum Gasteiger partial charge on any atom is 0.262 e. The molecule has 1 aromatic heterocycles. The number of amides is 3. The van der Waals surface area contributed by atoms with E-state index < -0.39 is 11.8 Å². The van der Waals surface area contributed by atoms with Crippen LogP contribution in [0.1, 0.15) is 33.6 Å². The number of piperidine rings is 1. The molecule has 1 aromatic carbocycles. The van der Waals surface area contributed by atoms with E-state index in [2.05, 4.69) is 21.3 Å². The van der Waals surface area contributed by atoms with Gasteiger partial charge in [0.2, 0.25) is 5.91 Å². The number of pyridine rings is 1. The summed E-state index contributed by atoms with van der Waals surface area (Å²) in [7, 11) is 0. The van der Waals surface area contributed by atoms with Crippen LogP contribution in [0, 0.1) is 5.92 Å². The molecule has 0 aliphatic carbocycles. The summed E-state index contributed by atoms with van der Waals surface area (Å²) in [5.41, 5.74) is 1.85. The summed E-state index contributed by atoms with van der Waals surface area (Å²) < 4.78 is 0. The lowest BCUT2D eigenvalue weighted by Crippen LogP contribution is -2.43. The maximum atomic E-state index is 12.3. The molecule has 0 bridgehead atoms. The number of carbonyl (C=O) groups is 3. The molecular formula is C21H22N4O3. The Balaban J connectivity index is 1.25. The van der Waals surface area contributed by atoms with Crippen molar-refractivity contribution in [3.63, 3.8) is 0 Å². The fraction of sp³-hybridized carbons (Fsp3) is 0.333. The number of imide groups is 1. The van der Waals surface area contributed by atoms with Gasteiger partial charge in [0.25, 0.3) is 11.8 Å². The molecular weight excluding hydrogens is 356 g/mol. The number of benzene rings is 1. The van der Waals surface area contributed by atoms with Gasteiger partial charge in [-0.1, -0.05) is 12.1 Å². The van der Waals surface area contributed by atoms with Crippen LogP contribution in [0.15, 0.2) is 48.8 Å². The lowest BCUT2D eigenvalue weighted by molar-refractivity contribution is -0.121. The van der Waals surface area contributed by atoms with E-state index in [4.69, 9.17) is 0 Å². The Kier molecular flexibility index (Phi) is 5.06. The van der Waals surface area contributed by atoms with Crippen LogP contribution in [0.25, 0.3) is 0 Å². The van der Waals surface area contributed by atoms with E-state index in [-0.39, 0.29) is 12.5 Å². The minimum absolute atomic E-state index is 0.235. The standard InChI is InChI=1S/C21H22N4O3/c26-19(14-25-20(27)17-5-1-2-6-18(17)21(25)28)23-12-15-7-10-24(11-8-15)16-4-3-9-22-13-16/h1-6,9,13,15H,7-8,10-12,14H2,(H,23,26). The topological polar surface area (TPSA) is 82.6 Å². The highest BCUT2D eigenvalue weighted by molar-refractivity contribution is 6.22. The molecule has 0 saturated carbocycles. The van der Waals surface area contributed by atoms with Gasteiger partial charge >= 0.3 is 0 Å². The number of hydrogen-bond acceptors (Lipinski definition) is 5. The zero-order valence-corrected chi connectivity index (χ0v) is 15.5. The SMILES string of the molecule is O=C(CN1C(=O)c2ccccc2C1=O)NCC1CCN(c2cccnc2)CC1. The summed E-state index contributed by atoms with van der Waals surface area (Å²) in [5.74, 6) is -0.718. The summed E-state index contributed by atoms with van der Waals surface area (Å²) in [6.45, 7) is 2.17. The molecule has 2 aromatic rings. The summed E-state index contributed by atoms with van der Waals surface area (Å²) in [6.07, 6.45) is 5.58. The normalized spacial score (nSPS) is 17.0. The molecule has 28 heavy (non-hydrogen) atoms. The van der Waals surface area contributed by atoms with Crippen molar-refractivity contribution in [2.45, 2.75) is 12.8 Å². The second-order valence-electron chi connectivity index (χ2n) is 7.19. The van der Waals surface area contributed by atoms with Crippen LogP contribution in [0.4, 0.5) is 5.69 Å². The van der Waals surface area contributed by atoms with Gasteiger partial charge in [-0.05, 0) is 43.0 Å². The molecule has 7 nitrogen and oxygen atoms in total. The van der Waals surface area contributed by atoms with Gasteiger partial charge in [-0.2, -0.15) is 0 Å². The molecule has 3 amide bonds. The highest BCUT2D eigenvalue weighted by atomic mass is 16.2. The first-order valence-corrected chi connectivity index (χ1v) is 9.50. The van der Waals surface area contributed by atoms with Crippen LogP contribution in [-0.2, 0) is 4.79 Å². The summed E-state index contributed by atoms with van der Waals surface area (Å²) in [4.78, 5) is 44.4. The fourth-order valence-corrected chi connectivity index (χ4v) is 3.78. The Morgan fingerprint density at radius 2 is 1.71 bits per heavy atom. The predicted octanol–water partition coefficient (Wildman–Crippen LogP) is 1.71. The largest absolute Gasteiger partial charge is 0.370 e. The van der Waals surface area contributed by atoms with Crippen LogP contribution < -0.4 is 10.2 Å². The summed E-state index contributed by atoms with van der Waals surface area (Å²) in [6, 6.07) is 10.6. The number of rotatable bonds is 5. The Bertz CT molecular complexity index is 857. The lowest BCUT2D eigenvalue weighted by atomic mass is 9.96. The van der Waals surface area contributed by atoms with Crippen molar-refractivity contribution in [2.24, 2.45) is 5.92 Å². The number of carbonyl (C=O) groups excluding carboxylic acids is 3. The first-order valence-electron chi connectivity index (χ1n) is 9.50. The van der Waals surface area contributed by atoms with E-state index in [9.17, 15) is 14.4 Å². The second-order valence-corrected chi connectivity index (χ2v) is 7.19. The first kappa shape index (κ1) is 18.2. The molecule has 0 unspecified atom stereocenters. The van der Waals surface area contributed by atoms with Crippen molar-refractivity contribution in [3.8, 4) is 0 Å². The van der Waals surface area contributed by atoms with Gasteiger partial charge in [0, 0.05) is 25.8 Å². The molecule has 3 heterocycles. The van der Waals surface area contributed by atoms with Gasteiger partial charge in [0.1, 0.15) is 6.54 Å². The van der Waals surface area contributed by atoms with E-state index in [0.717, 1.165) is 36.5 Å². The third kappa shape index (κ3) is 3.60. The zero-order valence-electron chi connectivity index (χ0n) is 15.5. The molecule has 4 rings (SSSR count). The number of nitrogens with zero attached hydrogens (tertiary/aromatic N) is 3. The van der Waals surface area contributed by atoms with Gasteiger partial charge in [-0.3, -0.25) is 24.3 Å². The van der Waals surface area contributed by atoms with Crippen molar-refractivity contribution < 1.29 is 14.4 Å². The average Bonchev–Trinajstić information content (AvgIpc) is 2.98. The number of aromatic nitrogens is 1. The van der Waals surface area contributed by atoms with Gasteiger partial charge < -0.3 is 10.2 Å². The minimum atomic E-state index is -0.402. The lowest BCUT2D eigenvalue weighted by Gasteiger charge is -2.33. The maximum absolute atomic E-state index is 12.3. The van der Waals surface area contributed by atoms with E-state index in [1.54, 1.807) is 30.5 Å². The van der Waals surface area contributed by atoms with Crippen LogP contribution in [0.2, 0.25) is 0 Å². The highest BCUT2D eigenvalue weighted by Crippen LogP contribution is 2.23. The number of nitrogens with one attached hydrogen (secondary N) is 1. The summed E-state index contributed by atoms with van der Waals surface area (Å²) >= 11 is 0. The van der Waals surface area contributed by atoms with Gasteiger partial charge in [-0.15, -0.1) is 0 Å². The monoisotopic (exact) mass is 378 g/mol. The van der Waals surface area contributed by atoms with Crippen molar-refractivity contribution in [3.05, 3.63) is 59.9 Å². The number of hydrogen-bond donors (Lipinski definition) is 1. The molecule has 2 aliphatic heterocycles. The van der Waals surface area contributed by atoms with Crippen molar-refractivity contribution in [2.75, 3.05) is 31.1 Å². The van der Waals surface area contributed by atoms with E-state index >= 15 is 0 Å². The second kappa shape index (κ2) is 7.80. The third-order valence-electron chi connectivity index (χ3n) is 5.39. The molecule has 144 valence electrons. The summed E-state index contributed by atoms with van der Waals surface area (Å²) in [5, 5.41) is 2.89. The zero-order chi connectivity index (χ0) is 19.5. The van der Waals surface area contributed by atoms with Crippen LogP contribution in [0.5, 0.6) is 0 Å². The van der Waals surface area contributed by atoms with E-state index in [0.29, 0.717) is 23.6 Å². The van der Waals surface area contributed by atoms with Crippen molar-refractivity contribution in [1.82, 2.24) is 15.2 Å². The molecule has 1 N–H and O–H groups in total. The molecule has 0 radical (unpaired) electrons. The molecule has 1 saturated heterocycles. The van der Waals surface area contributed by atoms with Crippen molar-refractivity contribution >= 4 is 23.4 Å². The Morgan fingerprint density at radius 3 is 2.32 bits per heavy atom. The Morgan fingerprint density at radius 1 is 1.04 bits per heavy atom. The van der Waals surface area contributed by atoms with E-state index in [1.165, 1.54) is 0 Å².